The van der Waals surface area contributed by atoms with Crippen molar-refractivity contribution in [3.63, 3.8) is 0 Å². The van der Waals surface area contributed by atoms with E-state index in [0.717, 1.165) is 0 Å². The maximum Gasteiger partial charge on any atom is 0.313 e. The standard InChI is InChI=1S/C8H14O4/c1-4(2)6(9)7(10)5(3)8(11)12/h4-6,9H,1-3H3,(H,11,12)/t5-,6?/m0/s1. The molecule has 0 radical (unpaired) electrons. The van der Waals surface area contributed by atoms with Gasteiger partial charge < -0.3 is 10.2 Å². The van der Waals surface area contributed by atoms with E-state index in [4.69, 9.17) is 5.11 Å². The van der Waals surface area contributed by atoms with Gasteiger partial charge in [0.05, 0.1) is 0 Å². The van der Waals surface area contributed by atoms with Gasteiger partial charge in [-0.2, -0.15) is 0 Å². The first-order chi connectivity index (χ1) is 5.37. The van der Waals surface area contributed by atoms with Crippen molar-refractivity contribution >= 4 is 11.8 Å². The van der Waals surface area contributed by atoms with E-state index in [9.17, 15) is 14.7 Å². The summed E-state index contributed by atoms with van der Waals surface area (Å²) in [6.07, 6.45) is -1.17. The summed E-state index contributed by atoms with van der Waals surface area (Å²) in [6.45, 7) is 4.60. The van der Waals surface area contributed by atoms with Crippen LogP contribution in [0.4, 0.5) is 0 Å². The van der Waals surface area contributed by atoms with Crippen molar-refractivity contribution in [3.05, 3.63) is 0 Å². The maximum atomic E-state index is 11.1. The molecule has 0 aliphatic carbocycles. The SMILES string of the molecule is CC(C)C(O)C(=O)[C@H](C)C(=O)O. The molecule has 4 heteroatoms. The molecule has 0 saturated heterocycles. The Labute approximate surface area is 71.2 Å². The summed E-state index contributed by atoms with van der Waals surface area (Å²) in [5, 5.41) is 17.7. The number of hydrogen-bond donors (Lipinski definition) is 2. The van der Waals surface area contributed by atoms with Gasteiger partial charge in [0.15, 0.2) is 5.78 Å². The van der Waals surface area contributed by atoms with E-state index in [1.807, 2.05) is 0 Å². The van der Waals surface area contributed by atoms with Crippen molar-refractivity contribution < 1.29 is 19.8 Å². The average molecular weight is 174 g/mol. The van der Waals surface area contributed by atoms with Crippen molar-refractivity contribution in [2.75, 3.05) is 0 Å². The molecule has 0 heterocycles. The number of ketones is 1. The molecular weight excluding hydrogens is 160 g/mol. The van der Waals surface area contributed by atoms with Crippen LogP contribution >= 0.6 is 0 Å². The Morgan fingerprint density at radius 1 is 1.17 bits per heavy atom. The van der Waals surface area contributed by atoms with Gasteiger partial charge in [0.1, 0.15) is 12.0 Å². The number of Topliss-reactive ketones (excluding diaryl/α,β-unsaturated/α-hetero) is 1. The van der Waals surface area contributed by atoms with Crippen LogP contribution in [0.2, 0.25) is 0 Å². The molecule has 0 aromatic heterocycles. The van der Waals surface area contributed by atoms with Crippen LogP contribution in [0.25, 0.3) is 0 Å². The first kappa shape index (κ1) is 11.1. The zero-order valence-corrected chi connectivity index (χ0v) is 7.44. The van der Waals surface area contributed by atoms with Crippen LogP contribution in [0.15, 0.2) is 0 Å². The van der Waals surface area contributed by atoms with Crippen molar-refractivity contribution in [2.24, 2.45) is 11.8 Å². The highest BCUT2D eigenvalue weighted by Crippen LogP contribution is 2.08. The minimum atomic E-state index is -1.19. The molecule has 0 aliphatic rings. The van der Waals surface area contributed by atoms with Crippen molar-refractivity contribution in [2.45, 2.75) is 26.9 Å². The molecule has 4 nitrogen and oxygen atoms in total. The smallest absolute Gasteiger partial charge is 0.313 e. The molecule has 0 aromatic rings. The number of aliphatic hydroxyl groups excluding tert-OH is 1. The lowest BCUT2D eigenvalue weighted by Crippen LogP contribution is -2.34. The van der Waals surface area contributed by atoms with Gasteiger partial charge in [0.25, 0.3) is 0 Å². The minimum absolute atomic E-state index is 0.237. The largest absolute Gasteiger partial charge is 0.481 e. The lowest BCUT2D eigenvalue weighted by Gasteiger charge is -2.14. The Morgan fingerprint density at radius 3 is 1.83 bits per heavy atom. The van der Waals surface area contributed by atoms with Crippen molar-refractivity contribution in [3.8, 4) is 0 Å². The average Bonchev–Trinajstić information content (AvgIpc) is 2.00. The van der Waals surface area contributed by atoms with Crippen LogP contribution in [-0.2, 0) is 9.59 Å². The highest BCUT2D eigenvalue weighted by Gasteiger charge is 2.28. The number of carbonyl (C=O) groups excluding carboxylic acids is 1. The van der Waals surface area contributed by atoms with Gasteiger partial charge in [-0.05, 0) is 12.8 Å². The molecule has 0 fully saturated rings. The zero-order valence-electron chi connectivity index (χ0n) is 7.44. The fourth-order valence-electron chi connectivity index (χ4n) is 0.706. The minimum Gasteiger partial charge on any atom is -0.481 e. The van der Waals surface area contributed by atoms with Crippen molar-refractivity contribution in [1.82, 2.24) is 0 Å². The molecule has 0 rings (SSSR count). The van der Waals surface area contributed by atoms with Crippen LogP contribution in [0, 0.1) is 11.8 Å². The summed E-state index contributed by atoms with van der Waals surface area (Å²) in [5.41, 5.74) is 0. The zero-order chi connectivity index (χ0) is 9.89. The van der Waals surface area contributed by atoms with Gasteiger partial charge in [-0.3, -0.25) is 9.59 Å². The number of hydrogen-bond acceptors (Lipinski definition) is 3. The maximum absolute atomic E-state index is 11.1. The highest BCUT2D eigenvalue weighted by molar-refractivity contribution is 6.00. The molecule has 0 spiro atoms. The number of rotatable bonds is 4. The molecule has 0 bridgehead atoms. The predicted molar refractivity (Wildman–Crippen MR) is 42.7 cm³/mol. The highest BCUT2D eigenvalue weighted by atomic mass is 16.4. The van der Waals surface area contributed by atoms with Crippen molar-refractivity contribution in [1.29, 1.82) is 0 Å². The summed E-state index contributed by atoms with van der Waals surface area (Å²) in [5.74, 6) is -3.18. The van der Waals surface area contributed by atoms with Gasteiger partial charge >= 0.3 is 5.97 Å². The third-order valence-electron chi connectivity index (χ3n) is 1.72. The van der Waals surface area contributed by atoms with E-state index in [1.54, 1.807) is 13.8 Å². The molecule has 0 aromatic carbocycles. The van der Waals surface area contributed by atoms with E-state index >= 15 is 0 Å². The van der Waals surface area contributed by atoms with Gasteiger partial charge in [0.2, 0.25) is 0 Å². The second-order valence-electron chi connectivity index (χ2n) is 3.15. The number of aliphatic hydroxyl groups is 1. The Bertz CT molecular complexity index is 185. The lowest BCUT2D eigenvalue weighted by molar-refractivity contribution is -0.149. The van der Waals surface area contributed by atoms with Crippen LogP contribution in [0.5, 0.6) is 0 Å². The Morgan fingerprint density at radius 2 is 1.58 bits per heavy atom. The monoisotopic (exact) mass is 174 g/mol. The quantitative estimate of drug-likeness (QED) is 0.601. The summed E-state index contributed by atoms with van der Waals surface area (Å²) >= 11 is 0. The van der Waals surface area contributed by atoms with Gasteiger partial charge in [-0.15, -0.1) is 0 Å². The first-order valence-electron chi connectivity index (χ1n) is 3.82. The molecule has 1 unspecified atom stereocenters. The van der Waals surface area contributed by atoms with Crippen LogP contribution in [0.3, 0.4) is 0 Å². The molecule has 0 aliphatic heterocycles. The predicted octanol–water partition coefficient (Wildman–Crippen LogP) is 0.293. The van der Waals surface area contributed by atoms with E-state index in [2.05, 4.69) is 0 Å². The summed E-state index contributed by atoms with van der Waals surface area (Å²) in [7, 11) is 0. The Hall–Kier alpha value is -0.900. The number of aliphatic carboxylic acids is 1. The fourth-order valence-corrected chi connectivity index (χ4v) is 0.706. The topological polar surface area (TPSA) is 74.6 Å². The molecule has 2 atom stereocenters. The number of carbonyl (C=O) groups is 2. The molecule has 70 valence electrons. The number of carboxylic acids is 1. The number of carboxylic acid groups (broad SMARTS) is 1. The molecular formula is C8H14O4. The second kappa shape index (κ2) is 4.21. The van der Waals surface area contributed by atoms with Gasteiger partial charge in [0, 0.05) is 0 Å². The first-order valence-corrected chi connectivity index (χ1v) is 3.82. The summed E-state index contributed by atoms with van der Waals surface area (Å²) in [4.78, 5) is 21.4. The van der Waals surface area contributed by atoms with E-state index in [1.165, 1.54) is 6.92 Å². The lowest BCUT2D eigenvalue weighted by atomic mass is 9.95. The second-order valence-corrected chi connectivity index (χ2v) is 3.15. The molecule has 0 saturated carbocycles. The third kappa shape index (κ3) is 2.62. The van der Waals surface area contributed by atoms with E-state index < -0.39 is 23.8 Å². The molecule has 12 heavy (non-hydrogen) atoms. The Balaban J connectivity index is 4.29. The molecule has 2 N–H and O–H groups in total. The van der Waals surface area contributed by atoms with Crippen LogP contribution in [-0.4, -0.2) is 28.1 Å². The Kier molecular flexibility index (Phi) is 3.89. The van der Waals surface area contributed by atoms with E-state index in [-0.39, 0.29) is 5.92 Å². The third-order valence-corrected chi connectivity index (χ3v) is 1.72. The fraction of sp³-hybridized carbons (Fsp3) is 0.750. The van der Waals surface area contributed by atoms with E-state index in [0.29, 0.717) is 0 Å². The summed E-state index contributed by atoms with van der Waals surface area (Å²) < 4.78 is 0. The normalized spacial score (nSPS) is 15.8. The van der Waals surface area contributed by atoms with Gasteiger partial charge in [-0.1, -0.05) is 13.8 Å². The van der Waals surface area contributed by atoms with Gasteiger partial charge in [-0.25, -0.2) is 0 Å². The summed E-state index contributed by atoms with van der Waals surface area (Å²) in [6, 6.07) is 0. The van der Waals surface area contributed by atoms with Crippen LogP contribution in [0.1, 0.15) is 20.8 Å². The molecule has 0 amide bonds. The van der Waals surface area contributed by atoms with Crippen LogP contribution < -0.4 is 0 Å².